The number of pyridine rings is 1. The van der Waals surface area contributed by atoms with Crippen molar-refractivity contribution in [1.82, 2.24) is 4.98 Å². The minimum atomic E-state index is -1.63. The number of hydrogen-bond donors (Lipinski definition) is 2. The Balaban J connectivity index is 2.36. The van der Waals surface area contributed by atoms with E-state index in [1.165, 1.54) is 0 Å². The molecule has 1 amide bonds. The van der Waals surface area contributed by atoms with Crippen LogP contribution < -0.4 is 5.32 Å². The molecule has 0 aliphatic heterocycles. The van der Waals surface area contributed by atoms with Gasteiger partial charge in [-0.2, -0.15) is 0 Å². The van der Waals surface area contributed by atoms with Crippen LogP contribution in [0.3, 0.4) is 0 Å². The van der Waals surface area contributed by atoms with Crippen molar-refractivity contribution >= 4 is 17.6 Å². The summed E-state index contributed by atoms with van der Waals surface area (Å²) in [6.07, 6.45) is 1.94. The van der Waals surface area contributed by atoms with Gasteiger partial charge in [-0.3, -0.25) is 9.78 Å². The van der Waals surface area contributed by atoms with Crippen LogP contribution in [-0.2, 0) is 0 Å². The molecule has 2 N–H and O–H groups in total. The van der Waals surface area contributed by atoms with Crippen LogP contribution in [0.2, 0.25) is 0 Å². The number of carbonyl (C=O) groups excluding carboxylic acids is 1. The summed E-state index contributed by atoms with van der Waals surface area (Å²) in [6, 6.07) is 2.00. The molecule has 5 nitrogen and oxygen atoms in total. The SMILES string of the molecule is O=C(O)c1cc(NC(=O)c2ccncc2F)c(F)cc1F. The number of anilines is 1. The number of rotatable bonds is 3. The highest BCUT2D eigenvalue weighted by Crippen LogP contribution is 2.20. The van der Waals surface area contributed by atoms with E-state index < -0.39 is 46.1 Å². The maximum atomic E-state index is 13.5. The molecule has 1 heterocycles. The van der Waals surface area contributed by atoms with Crippen molar-refractivity contribution < 1.29 is 27.9 Å². The van der Waals surface area contributed by atoms with E-state index in [2.05, 4.69) is 4.98 Å². The lowest BCUT2D eigenvalue weighted by atomic mass is 10.1. The molecule has 0 bridgehead atoms. The average molecular weight is 296 g/mol. The summed E-state index contributed by atoms with van der Waals surface area (Å²) < 4.78 is 40.1. The van der Waals surface area contributed by atoms with Gasteiger partial charge in [0.1, 0.15) is 11.6 Å². The second kappa shape index (κ2) is 5.61. The second-order valence-electron chi connectivity index (χ2n) is 3.93. The topological polar surface area (TPSA) is 79.3 Å². The van der Waals surface area contributed by atoms with Gasteiger partial charge in [0.05, 0.1) is 23.0 Å². The number of halogens is 3. The molecule has 0 spiro atoms. The fraction of sp³-hybridized carbons (Fsp3) is 0. The molecule has 0 saturated heterocycles. The monoisotopic (exact) mass is 296 g/mol. The predicted molar refractivity (Wildman–Crippen MR) is 65.5 cm³/mol. The van der Waals surface area contributed by atoms with Gasteiger partial charge in [0.25, 0.3) is 5.91 Å². The molecule has 1 aromatic heterocycles. The first-order chi connectivity index (χ1) is 9.90. The summed E-state index contributed by atoms with van der Waals surface area (Å²) >= 11 is 0. The Labute approximate surface area is 116 Å². The Hall–Kier alpha value is -2.90. The molecule has 0 aliphatic carbocycles. The first kappa shape index (κ1) is 14.5. The van der Waals surface area contributed by atoms with Crippen LogP contribution in [0.5, 0.6) is 0 Å². The van der Waals surface area contributed by atoms with Gasteiger partial charge in [0, 0.05) is 12.3 Å². The maximum absolute atomic E-state index is 13.5. The third-order valence-electron chi connectivity index (χ3n) is 2.55. The van der Waals surface area contributed by atoms with Crippen molar-refractivity contribution in [2.45, 2.75) is 0 Å². The minimum absolute atomic E-state index is 0.321. The van der Waals surface area contributed by atoms with Crippen LogP contribution in [-0.4, -0.2) is 22.0 Å². The molecule has 0 atom stereocenters. The van der Waals surface area contributed by atoms with Crippen LogP contribution in [0, 0.1) is 17.5 Å². The van der Waals surface area contributed by atoms with Crippen molar-refractivity contribution in [3.8, 4) is 0 Å². The third kappa shape index (κ3) is 2.99. The number of hydrogen-bond acceptors (Lipinski definition) is 3. The number of nitrogens with zero attached hydrogens (tertiary/aromatic N) is 1. The Morgan fingerprint density at radius 1 is 1.05 bits per heavy atom. The number of benzene rings is 1. The largest absolute Gasteiger partial charge is 0.478 e. The fourth-order valence-corrected chi connectivity index (χ4v) is 1.56. The predicted octanol–water partition coefficient (Wildman–Crippen LogP) is 2.45. The average Bonchev–Trinajstić information content (AvgIpc) is 2.41. The first-order valence-corrected chi connectivity index (χ1v) is 5.53. The standard InChI is InChI=1S/C13H7F3N2O3/c14-8-4-9(15)11(3-7(8)13(20)21)18-12(19)6-1-2-17-5-10(6)16/h1-5H,(H,18,19)(H,20,21). The lowest BCUT2D eigenvalue weighted by Gasteiger charge is -2.08. The van der Waals surface area contributed by atoms with Gasteiger partial charge >= 0.3 is 5.97 Å². The van der Waals surface area contributed by atoms with Gasteiger partial charge in [-0.1, -0.05) is 0 Å². The molecular formula is C13H7F3N2O3. The van der Waals surface area contributed by atoms with Gasteiger partial charge in [0.15, 0.2) is 5.82 Å². The van der Waals surface area contributed by atoms with Crippen molar-refractivity contribution in [3.05, 3.63) is 59.2 Å². The van der Waals surface area contributed by atoms with E-state index >= 15 is 0 Å². The summed E-state index contributed by atoms with van der Waals surface area (Å²) in [5.41, 5.74) is -1.80. The lowest BCUT2D eigenvalue weighted by molar-refractivity contribution is 0.0691. The van der Waals surface area contributed by atoms with Crippen molar-refractivity contribution in [1.29, 1.82) is 0 Å². The molecule has 8 heteroatoms. The Kier molecular flexibility index (Phi) is 3.88. The highest BCUT2D eigenvalue weighted by Gasteiger charge is 2.18. The minimum Gasteiger partial charge on any atom is -0.478 e. The van der Waals surface area contributed by atoms with Gasteiger partial charge in [-0.25, -0.2) is 18.0 Å². The lowest BCUT2D eigenvalue weighted by Crippen LogP contribution is -2.16. The van der Waals surface area contributed by atoms with Gasteiger partial charge in [-0.05, 0) is 12.1 Å². The van der Waals surface area contributed by atoms with Crippen LogP contribution >= 0.6 is 0 Å². The summed E-state index contributed by atoms with van der Waals surface area (Å²) in [7, 11) is 0. The zero-order chi connectivity index (χ0) is 15.6. The Bertz CT molecular complexity index is 735. The summed E-state index contributed by atoms with van der Waals surface area (Å²) in [5.74, 6) is -6.04. The summed E-state index contributed by atoms with van der Waals surface area (Å²) in [6.45, 7) is 0. The Morgan fingerprint density at radius 2 is 1.76 bits per heavy atom. The molecule has 0 radical (unpaired) electrons. The molecule has 108 valence electrons. The maximum Gasteiger partial charge on any atom is 0.338 e. The van der Waals surface area contributed by atoms with Crippen LogP contribution in [0.1, 0.15) is 20.7 Å². The molecule has 2 aromatic rings. The molecular weight excluding hydrogens is 289 g/mol. The van der Waals surface area contributed by atoms with E-state index in [-0.39, 0.29) is 0 Å². The quantitative estimate of drug-likeness (QED) is 0.911. The molecule has 21 heavy (non-hydrogen) atoms. The molecule has 0 fully saturated rings. The fourth-order valence-electron chi connectivity index (χ4n) is 1.56. The second-order valence-corrected chi connectivity index (χ2v) is 3.93. The number of aromatic nitrogens is 1. The van der Waals surface area contributed by atoms with Crippen LogP contribution in [0.4, 0.5) is 18.9 Å². The summed E-state index contributed by atoms with van der Waals surface area (Å²) in [4.78, 5) is 26.0. The molecule has 0 aliphatic rings. The number of nitrogens with one attached hydrogen (secondary N) is 1. The smallest absolute Gasteiger partial charge is 0.338 e. The summed E-state index contributed by atoms with van der Waals surface area (Å²) in [5, 5.41) is 10.7. The van der Waals surface area contributed by atoms with Crippen molar-refractivity contribution in [2.75, 3.05) is 5.32 Å². The van der Waals surface area contributed by atoms with E-state index in [9.17, 15) is 22.8 Å². The normalized spacial score (nSPS) is 10.2. The molecule has 2 rings (SSSR count). The Morgan fingerprint density at radius 3 is 2.38 bits per heavy atom. The van der Waals surface area contributed by atoms with E-state index in [0.29, 0.717) is 12.1 Å². The molecule has 0 saturated carbocycles. The number of carboxylic acids is 1. The number of aromatic carboxylic acids is 1. The van der Waals surface area contributed by atoms with Gasteiger partial charge in [0.2, 0.25) is 0 Å². The highest BCUT2D eigenvalue weighted by atomic mass is 19.1. The zero-order valence-electron chi connectivity index (χ0n) is 10.2. The highest BCUT2D eigenvalue weighted by molar-refractivity contribution is 6.05. The van der Waals surface area contributed by atoms with E-state index in [1.807, 2.05) is 5.32 Å². The molecule has 1 aromatic carbocycles. The number of amides is 1. The van der Waals surface area contributed by atoms with E-state index in [1.54, 1.807) is 0 Å². The number of carboxylic acid groups (broad SMARTS) is 1. The van der Waals surface area contributed by atoms with Crippen LogP contribution in [0.25, 0.3) is 0 Å². The van der Waals surface area contributed by atoms with Gasteiger partial charge < -0.3 is 10.4 Å². The third-order valence-corrected chi connectivity index (χ3v) is 2.55. The number of carbonyl (C=O) groups is 2. The van der Waals surface area contributed by atoms with Gasteiger partial charge in [-0.15, -0.1) is 0 Å². The van der Waals surface area contributed by atoms with Crippen molar-refractivity contribution in [2.24, 2.45) is 0 Å². The van der Waals surface area contributed by atoms with E-state index in [0.717, 1.165) is 18.5 Å². The zero-order valence-corrected chi connectivity index (χ0v) is 10.2. The van der Waals surface area contributed by atoms with Crippen molar-refractivity contribution in [3.63, 3.8) is 0 Å². The van der Waals surface area contributed by atoms with Crippen LogP contribution in [0.15, 0.2) is 30.6 Å². The first-order valence-electron chi connectivity index (χ1n) is 5.53. The molecule has 0 unspecified atom stereocenters. The van der Waals surface area contributed by atoms with E-state index in [4.69, 9.17) is 5.11 Å².